The first-order chi connectivity index (χ1) is 39.5. The topological polar surface area (TPSA) is 108 Å². The van der Waals surface area contributed by atoms with Gasteiger partial charge in [0.2, 0.25) is 0 Å². The van der Waals surface area contributed by atoms with Gasteiger partial charge in [-0.15, -0.1) is 0 Å². The third-order valence-electron chi connectivity index (χ3n) is 16.2. The first-order valence-corrected chi connectivity index (χ1v) is 37.1. The number of esters is 2. The van der Waals surface area contributed by atoms with Crippen molar-refractivity contribution in [3.05, 3.63) is 24.3 Å². The maximum Gasteiger partial charge on any atom is 0.472 e. The van der Waals surface area contributed by atoms with Crippen molar-refractivity contribution >= 4 is 19.8 Å². The number of quaternary nitrogens is 1. The molecule has 0 saturated carbocycles. The minimum atomic E-state index is -4.39. The smallest absolute Gasteiger partial charge is 0.462 e. The molecule has 10 heteroatoms. The molecule has 9 nitrogen and oxygen atoms in total. The van der Waals surface area contributed by atoms with Gasteiger partial charge in [-0.1, -0.05) is 314 Å². The zero-order valence-electron chi connectivity index (χ0n) is 54.8. The highest BCUT2D eigenvalue weighted by atomic mass is 31.2. The number of phosphoric ester groups is 1. The Labute approximate surface area is 504 Å². The molecule has 0 aromatic rings. The lowest BCUT2D eigenvalue weighted by Gasteiger charge is -2.24. The Balaban J connectivity index is 3.84. The van der Waals surface area contributed by atoms with Crippen LogP contribution in [0.2, 0.25) is 0 Å². The molecule has 0 amide bonds. The highest BCUT2D eigenvalue weighted by Crippen LogP contribution is 2.43. The maximum atomic E-state index is 12.9. The summed E-state index contributed by atoms with van der Waals surface area (Å²) >= 11 is 0. The number of rotatable bonds is 67. The Morgan fingerprint density at radius 3 is 0.914 bits per heavy atom. The summed E-state index contributed by atoms with van der Waals surface area (Å²) in [5.74, 6) is -0.788. The Hall–Kier alpha value is -1.51. The highest BCUT2D eigenvalue weighted by molar-refractivity contribution is 7.47. The lowest BCUT2D eigenvalue weighted by molar-refractivity contribution is -0.870. The van der Waals surface area contributed by atoms with Crippen molar-refractivity contribution in [2.45, 2.75) is 373 Å². The fraction of sp³-hybridized carbons (Fsp3) is 0.915. The standard InChI is InChI=1S/C71H138NO8P/c1-6-8-10-12-14-16-18-20-22-24-25-26-27-28-29-30-31-32-33-34-35-36-37-38-39-40-41-42-43-44-45-46-47-48-50-52-54-56-58-60-62-64-71(74)80-69(68-79-81(75,76)78-66-65-72(3,4)5)67-77-70(73)63-61-59-57-55-53-51-49-23-21-19-17-15-13-11-9-7-2/h23-25,49,69H,6-22,26-48,50-68H2,1-5H3/p+1/b25-24-,49-23-. The fourth-order valence-electron chi connectivity index (χ4n) is 10.7. The number of phosphoric acid groups is 1. The molecule has 0 aliphatic carbocycles. The second-order valence-electron chi connectivity index (χ2n) is 25.6. The molecule has 0 bridgehead atoms. The number of nitrogens with zero attached hydrogens (tertiary/aromatic N) is 1. The van der Waals surface area contributed by atoms with Crippen LogP contribution in [0.1, 0.15) is 367 Å². The molecule has 0 aliphatic heterocycles. The van der Waals surface area contributed by atoms with Crippen molar-refractivity contribution in [1.29, 1.82) is 0 Å². The number of ether oxygens (including phenoxy) is 2. The molecule has 480 valence electrons. The van der Waals surface area contributed by atoms with Crippen LogP contribution in [0.15, 0.2) is 24.3 Å². The minimum Gasteiger partial charge on any atom is -0.462 e. The summed E-state index contributed by atoms with van der Waals surface area (Å²) < 4.78 is 34.6. The molecule has 0 fully saturated rings. The van der Waals surface area contributed by atoms with Crippen molar-refractivity contribution in [2.75, 3.05) is 47.5 Å². The SMILES string of the molecule is CCCCCCCCC/C=C\CCCCCCCC(=O)OCC(COP(=O)(O)OCC[N+](C)(C)C)OC(=O)CCCCCCCCCCCCCCCCCCCCCCCCCCCCCCC/C=C\CCCCCCCCCC. The monoisotopic (exact) mass is 1170 g/mol. The van der Waals surface area contributed by atoms with Crippen LogP contribution in [0.3, 0.4) is 0 Å². The van der Waals surface area contributed by atoms with E-state index in [1.54, 1.807) is 0 Å². The van der Waals surface area contributed by atoms with Crippen molar-refractivity contribution in [3.8, 4) is 0 Å². The van der Waals surface area contributed by atoms with Crippen LogP contribution >= 0.6 is 7.82 Å². The summed E-state index contributed by atoms with van der Waals surface area (Å²) in [6.07, 6.45) is 78.9. The summed E-state index contributed by atoms with van der Waals surface area (Å²) in [6.45, 7) is 4.48. The van der Waals surface area contributed by atoms with E-state index < -0.39 is 26.5 Å². The van der Waals surface area contributed by atoms with Gasteiger partial charge in [-0.3, -0.25) is 18.6 Å². The molecular formula is C71H139NO8P+. The van der Waals surface area contributed by atoms with Gasteiger partial charge >= 0.3 is 19.8 Å². The van der Waals surface area contributed by atoms with E-state index in [9.17, 15) is 19.0 Å². The average Bonchev–Trinajstić information content (AvgIpc) is 3.43. The predicted octanol–water partition coefficient (Wildman–Crippen LogP) is 22.9. The Bertz CT molecular complexity index is 1420. The number of carbonyl (C=O) groups excluding carboxylic acids is 2. The molecule has 0 heterocycles. The van der Waals surface area contributed by atoms with Crippen molar-refractivity contribution < 1.29 is 42.1 Å². The average molecular weight is 1170 g/mol. The van der Waals surface area contributed by atoms with Gasteiger partial charge in [0.1, 0.15) is 19.8 Å². The second-order valence-corrected chi connectivity index (χ2v) is 27.1. The quantitative estimate of drug-likeness (QED) is 0.0211. The molecule has 0 rings (SSSR count). The Kier molecular flexibility index (Phi) is 61.8. The number of allylic oxidation sites excluding steroid dienone is 4. The van der Waals surface area contributed by atoms with Crippen molar-refractivity contribution in [3.63, 3.8) is 0 Å². The number of likely N-dealkylation sites (N-methyl/N-ethyl adjacent to an activating group) is 1. The van der Waals surface area contributed by atoms with Crippen LogP contribution in [0.4, 0.5) is 0 Å². The van der Waals surface area contributed by atoms with Crippen molar-refractivity contribution in [2.24, 2.45) is 0 Å². The largest absolute Gasteiger partial charge is 0.472 e. The maximum absolute atomic E-state index is 12.9. The first-order valence-electron chi connectivity index (χ1n) is 35.6. The van der Waals surface area contributed by atoms with E-state index in [-0.39, 0.29) is 32.0 Å². The number of unbranched alkanes of at least 4 members (excludes halogenated alkanes) is 49. The van der Waals surface area contributed by atoms with Gasteiger partial charge < -0.3 is 18.9 Å². The molecule has 81 heavy (non-hydrogen) atoms. The van der Waals surface area contributed by atoms with E-state index in [0.29, 0.717) is 17.4 Å². The lowest BCUT2D eigenvalue weighted by atomic mass is 10.0. The van der Waals surface area contributed by atoms with E-state index in [1.165, 1.54) is 283 Å². The number of hydrogen-bond donors (Lipinski definition) is 1. The molecule has 0 spiro atoms. The van der Waals surface area contributed by atoms with Crippen LogP contribution in [0.25, 0.3) is 0 Å². The van der Waals surface area contributed by atoms with Gasteiger partial charge in [-0.25, -0.2) is 4.57 Å². The van der Waals surface area contributed by atoms with Crippen LogP contribution in [-0.2, 0) is 32.7 Å². The highest BCUT2D eigenvalue weighted by Gasteiger charge is 2.27. The molecule has 0 aromatic heterocycles. The van der Waals surface area contributed by atoms with Gasteiger partial charge in [0.15, 0.2) is 6.10 Å². The van der Waals surface area contributed by atoms with Crippen LogP contribution in [0.5, 0.6) is 0 Å². The Morgan fingerprint density at radius 1 is 0.370 bits per heavy atom. The van der Waals surface area contributed by atoms with Crippen molar-refractivity contribution in [1.82, 2.24) is 0 Å². The van der Waals surface area contributed by atoms with Gasteiger partial charge in [0.05, 0.1) is 27.7 Å². The van der Waals surface area contributed by atoms with E-state index in [2.05, 4.69) is 38.2 Å². The van der Waals surface area contributed by atoms with Gasteiger partial charge in [-0.2, -0.15) is 0 Å². The van der Waals surface area contributed by atoms with Crippen LogP contribution in [0, 0.1) is 0 Å². The number of hydrogen-bond acceptors (Lipinski definition) is 7. The van der Waals surface area contributed by atoms with E-state index >= 15 is 0 Å². The minimum absolute atomic E-state index is 0.0336. The molecule has 2 unspecified atom stereocenters. The summed E-state index contributed by atoms with van der Waals surface area (Å²) in [5.41, 5.74) is 0. The summed E-state index contributed by atoms with van der Waals surface area (Å²) in [5, 5.41) is 0. The first kappa shape index (κ1) is 79.5. The molecule has 0 aliphatic rings. The third kappa shape index (κ3) is 67.5. The molecule has 0 radical (unpaired) electrons. The van der Waals surface area contributed by atoms with Gasteiger partial charge in [-0.05, 0) is 64.2 Å². The summed E-state index contributed by atoms with van der Waals surface area (Å²) in [6, 6.07) is 0. The molecular weight excluding hydrogens is 1030 g/mol. The van der Waals surface area contributed by atoms with E-state index in [0.717, 1.165) is 51.4 Å². The Morgan fingerprint density at radius 2 is 0.630 bits per heavy atom. The zero-order valence-corrected chi connectivity index (χ0v) is 55.7. The summed E-state index contributed by atoms with van der Waals surface area (Å²) in [4.78, 5) is 35.7. The van der Waals surface area contributed by atoms with Gasteiger partial charge in [0, 0.05) is 12.8 Å². The van der Waals surface area contributed by atoms with E-state index in [4.69, 9.17) is 18.5 Å². The molecule has 0 aromatic carbocycles. The van der Waals surface area contributed by atoms with Crippen LogP contribution in [-0.4, -0.2) is 74.9 Å². The fourth-order valence-corrected chi connectivity index (χ4v) is 11.5. The van der Waals surface area contributed by atoms with E-state index in [1.807, 2.05) is 21.1 Å². The lowest BCUT2D eigenvalue weighted by Crippen LogP contribution is -2.37. The van der Waals surface area contributed by atoms with Gasteiger partial charge in [0.25, 0.3) is 0 Å². The predicted molar refractivity (Wildman–Crippen MR) is 349 cm³/mol. The normalized spacial score (nSPS) is 13.2. The third-order valence-corrected chi connectivity index (χ3v) is 17.2. The summed E-state index contributed by atoms with van der Waals surface area (Å²) in [7, 11) is 1.49. The number of carbonyl (C=O) groups is 2. The molecule has 0 saturated heterocycles. The molecule has 2 atom stereocenters. The zero-order chi connectivity index (χ0) is 59.1. The van der Waals surface area contributed by atoms with Crippen LogP contribution < -0.4 is 0 Å². The second kappa shape index (κ2) is 63.0. The molecule has 1 N–H and O–H groups in total.